The van der Waals surface area contributed by atoms with Gasteiger partial charge in [0, 0.05) is 24.6 Å². The third kappa shape index (κ3) is 1.89. The average Bonchev–Trinajstić information content (AvgIpc) is 2.99. The van der Waals surface area contributed by atoms with Crippen molar-refractivity contribution in [3.63, 3.8) is 0 Å². The monoisotopic (exact) mass is 294 g/mol. The van der Waals surface area contributed by atoms with Crippen LogP contribution in [-0.4, -0.2) is 27.6 Å². The predicted molar refractivity (Wildman–Crippen MR) is 84.5 cm³/mol. The van der Waals surface area contributed by atoms with E-state index in [1.807, 2.05) is 20.0 Å². The Hall–Kier alpha value is -2.43. The van der Waals surface area contributed by atoms with E-state index in [9.17, 15) is 0 Å². The normalized spacial score (nSPS) is 25.9. The zero-order chi connectivity index (χ0) is 15.3. The summed E-state index contributed by atoms with van der Waals surface area (Å²) in [7, 11) is 0. The number of hydrogen-bond acceptors (Lipinski definition) is 5. The van der Waals surface area contributed by atoms with E-state index in [2.05, 4.69) is 33.2 Å². The molecule has 1 aromatic heterocycles. The van der Waals surface area contributed by atoms with E-state index in [4.69, 9.17) is 10.5 Å². The first-order valence-electron chi connectivity index (χ1n) is 7.49. The molecule has 0 fully saturated rings. The number of nitrogens with two attached hydrogens (primary N) is 1. The SMILES string of the molecule is Cc1cnc(-c2cccc3c2C[C@@]2(C3)N=C(N)O[C@@H]2C)cn1. The van der Waals surface area contributed by atoms with Gasteiger partial charge in [-0.2, -0.15) is 0 Å². The van der Waals surface area contributed by atoms with Crippen molar-refractivity contribution in [1.82, 2.24) is 9.97 Å². The molecule has 0 amide bonds. The topological polar surface area (TPSA) is 73.4 Å². The molecule has 2 aliphatic rings. The highest BCUT2D eigenvalue weighted by molar-refractivity contribution is 5.75. The minimum atomic E-state index is -0.263. The number of aromatic nitrogens is 2. The molecular weight excluding hydrogens is 276 g/mol. The van der Waals surface area contributed by atoms with E-state index < -0.39 is 0 Å². The fourth-order valence-electron chi connectivity index (χ4n) is 3.47. The van der Waals surface area contributed by atoms with Crippen LogP contribution < -0.4 is 5.73 Å². The van der Waals surface area contributed by atoms with Crippen LogP contribution in [0.4, 0.5) is 0 Å². The molecule has 112 valence electrons. The quantitative estimate of drug-likeness (QED) is 0.873. The van der Waals surface area contributed by atoms with Crippen molar-refractivity contribution < 1.29 is 4.74 Å². The van der Waals surface area contributed by atoms with Gasteiger partial charge in [0.1, 0.15) is 11.6 Å². The molecule has 1 spiro atoms. The third-order valence-corrected chi connectivity index (χ3v) is 4.70. The molecule has 0 saturated heterocycles. The Morgan fingerprint density at radius 3 is 2.77 bits per heavy atom. The van der Waals surface area contributed by atoms with E-state index in [1.54, 1.807) is 6.20 Å². The van der Waals surface area contributed by atoms with Gasteiger partial charge in [0.2, 0.25) is 0 Å². The van der Waals surface area contributed by atoms with Crippen molar-refractivity contribution in [3.8, 4) is 11.3 Å². The number of rotatable bonds is 1. The van der Waals surface area contributed by atoms with E-state index >= 15 is 0 Å². The van der Waals surface area contributed by atoms with Crippen molar-refractivity contribution in [2.24, 2.45) is 10.7 Å². The average molecular weight is 294 g/mol. The van der Waals surface area contributed by atoms with E-state index in [0.717, 1.165) is 29.8 Å². The maximum Gasteiger partial charge on any atom is 0.282 e. The van der Waals surface area contributed by atoms with Crippen LogP contribution in [0.2, 0.25) is 0 Å². The summed E-state index contributed by atoms with van der Waals surface area (Å²) in [4.78, 5) is 13.5. The Morgan fingerprint density at radius 2 is 2.09 bits per heavy atom. The van der Waals surface area contributed by atoms with Crippen LogP contribution in [-0.2, 0) is 17.6 Å². The molecule has 5 nitrogen and oxygen atoms in total. The summed E-state index contributed by atoms with van der Waals surface area (Å²) < 4.78 is 5.59. The van der Waals surface area contributed by atoms with Gasteiger partial charge in [-0.25, -0.2) is 4.99 Å². The number of amidine groups is 1. The molecule has 2 N–H and O–H groups in total. The Bertz CT molecular complexity index is 769. The zero-order valence-electron chi connectivity index (χ0n) is 12.7. The number of nitrogens with zero attached hydrogens (tertiary/aromatic N) is 3. The van der Waals surface area contributed by atoms with Gasteiger partial charge < -0.3 is 10.5 Å². The second-order valence-electron chi connectivity index (χ2n) is 6.15. The number of aryl methyl sites for hydroxylation is 1. The van der Waals surface area contributed by atoms with E-state index in [1.165, 1.54) is 11.1 Å². The van der Waals surface area contributed by atoms with Crippen LogP contribution in [0, 0.1) is 6.92 Å². The standard InChI is InChI=1S/C17H18N4O/c1-10-8-20-15(9-19-10)13-5-3-4-12-6-17(7-14(12)13)11(2)22-16(18)21-17/h3-5,8-9,11H,6-7H2,1-2H3,(H2,18,21)/t11-,17-/m1/s1. The van der Waals surface area contributed by atoms with Gasteiger partial charge in [-0.1, -0.05) is 18.2 Å². The molecule has 5 heteroatoms. The third-order valence-electron chi connectivity index (χ3n) is 4.70. The Balaban J connectivity index is 1.79. The summed E-state index contributed by atoms with van der Waals surface area (Å²) in [5, 5.41) is 0. The molecule has 1 aliphatic carbocycles. The fourth-order valence-corrected chi connectivity index (χ4v) is 3.47. The number of ether oxygens (including phenoxy) is 1. The second-order valence-corrected chi connectivity index (χ2v) is 6.15. The molecule has 0 saturated carbocycles. The smallest absolute Gasteiger partial charge is 0.282 e. The Morgan fingerprint density at radius 1 is 1.23 bits per heavy atom. The summed E-state index contributed by atoms with van der Waals surface area (Å²) in [5.74, 6) is 0. The van der Waals surface area contributed by atoms with Crippen LogP contribution in [0.1, 0.15) is 23.7 Å². The van der Waals surface area contributed by atoms with Crippen molar-refractivity contribution in [2.75, 3.05) is 0 Å². The Kier molecular flexibility index (Phi) is 2.73. The van der Waals surface area contributed by atoms with Crippen LogP contribution >= 0.6 is 0 Å². The van der Waals surface area contributed by atoms with Crippen LogP contribution in [0.3, 0.4) is 0 Å². The number of aliphatic imine (C=N–C) groups is 1. The molecule has 1 aliphatic heterocycles. The number of fused-ring (bicyclic) bond motifs is 1. The van der Waals surface area contributed by atoms with Gasteiger partial charge in [0.05, 0.1) is 17.6 Å². The maximum atomic E-state index is 5.79. The summed E-state index contributed by atoms with van der Waals surface area (Å²) in [5.41, 5.74) is 11.1. The minimum absolute atomic E-state index is 0.00291. The zero-order valence-corrected chi connectivity index (χ0v) is 12.7. The first kappa shape index (κ1) is 13.2. The lowest BCUT2D eigenvalue weighted by molar-refractivity contribution is 0.157. The lowest BCUT2D eigenvalue weighted by Crippen LogP contribution is -2.36. The molecular formula is C17H18N4O. The van der Waals surface area contributed by atoms with Gasteiger partial charge >= 0.3 is 0 Å². The lowest BCUT2D eigenvalue weighted by Gasteiger charge is -2.23. The molecule has 0 bridgehead atoms. The summed E-state index contributed by atoms with van der Waals surface area (Å²) >= 11 is 0. The number of benzene rings is 1. The first-order valence-corrected chi connectivity index (χ1v) is 7.49. The van der Waals surface area contributed by atoms with Crippen molar-refractivity contribution in [3.05, 3.63) is 47.4 Å². The molecule has 2 aromatic rings. The second kappa shape index (κ2) is 4.53. The van der Waals surface area contributed by atoms with Crippen molar-refractivity contribution >= 4 is 6.02 Å². The largest absolute Gasteiger partial charge is 0.460 e. The van der Waals surface area contributed by atoms with Gasteiger partial charge in [-0.15, -0.1) is 0 Å². The molecule has 22 heavy (non-hydrogen) atoms. The summed E-state index contributed by atoms with van der Waals surface area (Å²) in [6, 6.07) is 6.64. The van der Waals surface area contributed by atoms with Gasteiger partial charge in [0.15, 0.2) is 0 Å². The molecule has 1 aromatic carbocycles. The van der Waals surface area contributed by atoms with Crippen molar-refractivity contribution in [1.29, 1.82) is 0 Å². The predicted octanol–water partition coefficient (Wildman–Crippen LogP) is 2.02. The summed E-state index contributed by atoms with van der Waals surface area (Å²) in [6.07, 6.45) is 5.32. The van der Waals surface area contributed by atoms with Crippen LogP contribution in [0.5, 0.6) is 0 Å². The molecule has 4 rings (SSSR count). The molecule has 2 heterocycles. The van der Waals surface area contributed by atoms with Crippen LogP contribution in [0.15, 0.2) is 35.6 Å². The highest BCUT2D eigenvalue weighted by Gasteiger charge is 2.48. The first-order chi connectivity index (χ1) is 10.6. The molecule has 0 radical (unpaired) electrons. The highest BCUT2D eigenvalue weighted by Crippen LogP contribution is 2.42. The summed E-state index contributed by atoms with van der Waals surface area (Å²) in [6.45, 7) is 3.98. The maximum absolute atomic E-state index is 5.79. The van der Waals surface area contributed by atoms with Crippen molar-refractivity contribution in [2.45, 2.75) is 38.3 Å². The van der Waals surface area contributed by atoms with E-state index in [0.29, 0.717) is 6.02 Å². The highest BCUT2D eigenvalue weighted by atomic mass is 16.5. The number of hydrogen-bond donors (Lipinski definition) is 1. The fraction of sp³-hybridized carbons (Fsp3) is 0.353. The minimum Gasteiger partial charge on any atom is -0.460 e. The molecule has 2 atom stereocenters. The van der Waals surface area contributed by atoms with E-state index in [-0.39, 0.29) is 11.6 Å². The lowest BCUT2D eigenvalue weighted by atomic mass is 9.91. The van der Waals surface area contributed by atoms with Gasteiger partial charge in [0.25, 0.3) is 6.02 Å². The van der Waals surface area contributed by atoms with Gasteiger partial charge in [-0.05, 0) is 25.0 Å². The Labute approximate surface area is 129 Å². The van der Waals surface area contributed by atoms with Crippen LogP contribution in [0.25, 0.3) is 11.3 Å². The molecule has 0 unspecified atom stereocenters. The van der Waals surface area contributed by atoms with Gasteiger partial charge in [-0.3, -0.25) is 9.97 Å².